The van der Waals surface area contributed by atoms with Crippen LogP contribution in [0.2, 0.25) is 0 Å². The van der Waals surface area contributed by atoms with Gasteiger partial charge in [0.05, 0.1) is 11.8 Å². The summed E-state index contributed by atoms with van der Waals surface area (Å²) in [5.41, 5.74) is 0. The highest BCUT2D eigenvalue weighted by atomic mass is 16.4. The van der Waals surface area contributed by atoms with Gasteiger partial charge in [0.1, 0.15) is 0 Å². The Balaban J connectivity index is 1.91. The number of nitrogens with one attached hydrogen (secondary N) is 2. The Morgan fingerprint density at radius 1 is 1.00 bits per heavy atom. The Bertz CT molecular complexity index is 313. The highest BCUT2D eigenvalue weighted by Gasteiger charge is 2.36. The van der Waals surface area contributed by atoms with E-state index in [9.17, 15) is 14.7 Å². The molecular weight excluding hydrogens is 232 g/mol. The van der Waals surface area contributed by atoms with Crippen LogP contribution in [-0.2, 0) is 9.59 Å². The van der Waals surface area contributed by atoms with Crippen LogP contribution in [0.15, 0.2) is 0 Å². The van der Waals surface area contributed by atoms with Gasteiger partial charge in [0, 0.05) is 6.04 Å². The number of amides is 1. The number of carboxylic acid groups (broad SMARTS) is 1. The van der Waals surface area contributed by atoms with Gasteiger partial charge < -0.3 is 15.7 Å². The van der Waals surface area contributed by atoms with Crippen molar-refractivity contribution in [3.63, 3.8) is 0 Å². The van der Waals surface area contributed by atoms with Gasteiger partial charge in [0.2, 0.25) is 5.91 Å². The summed E-state index contributed by atoms with van der Waals surface area (Å²) in [7, 11) is 0. The van der Waals surface area contributed by atoms with Crippen LogP contribution in [0, 0.1) is 11.8 Å². The minimum atomic E-state index is -0.819. The van der Waals surface area contributed by atoms with Crippen LogP contribution in [0.4, 0.5) is 0 Å². The molecule has 0 unspecified atom stereocenters. The Hall–Kier alpha value is -1.10. The molecule has 0 aromatic heterocycles. The molecule has 1 aliphatic heterocycles. The second kappa shape index (κ2) is 6.18. The van der Waals surface area contributed by atoms with Crippen molar-refractivity contribution in [2.45, 2.75) is 44.6 Å². The van der Waals surface area contributed by atoms with E-state index in [-0.39, 0.29) is 17.9 Å². The van der Waals surface area contributed by atoms with Crippen molar-refractivity contribution in [2.24, 2.45) is 11.8 Å². The van der Waals surface area contributed by atoms with E-state index >= 15 is 0 Å². The number of aliphatic carboxylic acids is 1. The molecular formula is C13H22N2O3. The number of hydrogen-bond donors (Lipinski definition) is 3. The van der Waals surface area contributed by atoms with Gasteiger partial charge in [-0.25, -0.2) is 0 Å². The Morgan fingerprint density at radius 2 is 1.61 bits per heavy atom. The van der Waals surface area contributed by atoms with E-state index < -0.39 is 11.9 Å². The first-order valence-electron chi connectivity index (χ1n) is 6.92. The zero-order valence-corrected chi connectivity index (χ0v) is 10.7. The second-order valence-electron chi connectivity index (χ2n) is 5.37. The topological polar surface area (TPSA) is 78.4 Å². The molecule has 1 saturated carbocycles. The minimum absolute atomic E-state index is 0.0472. The maximum atomic E-state index is 12.2. The average molecular weight is 254 g/mol. The number of hydrogen-bond acceptors (Lipinski definition) is 3. The lowest BCUT2D eigenvalue weighted by Crippen LogP contribution is -2.47. The molecule has 2 aliphatic rings. The molecule has 5 nitrogen and oxygen atoms in total. The van der Waals surface area contributed by atoms with Gasteiger partial charge in [-0.2, -0.15) is 0 Å². The van der Waals surface area contributed by atoms with Crippen LogP contribution < -0.4 is 10.6 Å². The van der Waals surface area contributed by atoms with Crippen molar-refractivity contribution in [2.75, 3.05) is 13.1 Å². The quantitative estimate of drug-likeness (QED) is 0.694. The SMILES string of the molecule is O=C(O)[C@H]1CCCC[C@H]1C(=O)NC1CCNCC1. The van der Waals surface area contributed by atoms with Gasteiger partial charge in [-0.15, -0.1) is 0 Å². The van der Waals surface area contributed by atoms with Crippen LogP contribution >= 0.6 is 0 Å². The van der Waals surface area contributed by atoms with Gasteiger partial charge >= 0.3 is 5.97 Å². The van der Waals surface area contributed by atoms with Gasteiger partial charge in [-0.3, -0.25) is 9.59 Å². The molecule has 2 atom stereocenters. The van der Waals surface area contributed by atoms with Crippen molar-refractivity contribution >= 4 is 11.9 Å². The van der Waals surface area contributed by atoms with E-state index in [4.69, 9.17) is 0 Å². The standard InChI is InChI=1S/C13H22N2O3/c16-12(15-9-5-7-14-8-6-9)10-3-1-2-4-11(10)13(17)18/h9-11,14H,1-8H2,(H,15,16)(H,17,18)/t10-,11+/m1/s1. The first-order valence-corrected chi connectivity index (χ1v) is 6.92. The summed E-state index contributed by atoms with van der Waals surface area (Å²) < 4.78 is 0. The predicted octanol–water partition coefficient (Wildman–Crippen LogP) is 0.746. The van der Waals surface area contributed by atoms with E-state index in [1.54, 1.807) is 0 Å². The van der Waals surface area contributed by atoms with Crippen molar-refractivity contribution < 1.29 is 14.7 Å². The summed E-state index contributed by atoms with van der Waals surface area (Å²) in [6.07, 6.45) is 5.13. The third-order valence-electron chi connectivity index (χ3n) is 4.11. The number of piperidine rings is 1. The van der Waals surface area contributed by atoms with Crippen LogP contribution in [0.5, 0.6) is 0 Å². The summed E-state index contributed by atoms with van der Waals surface area (Å²) in [6.45, 7) is 1.86. The van der Waals surface area contributed by atoms with E-state index in [0.717, 1.165) is 38.8 Å². The molecule has 1 amide bonds. The molecule has 2 rings (SSSR count). The molecule has 1 heterocycles. The third kappa shape index (κ3) is 3.22. The van der Waals surface area contributed by atoms with Gasteiger partial charge in [0.25, 0.3) is 0 Å². The van der Waals surface area contributed by atoms with Crippen LogP contribution in [0.3, 0.4) is 0 Å². The Kier molecular flexibility index (Phi) is 4.58. The van der Waals surface area contributed by atoms with E-state index in [1.807, 2.05) is 0 Å². The van der Waals surface area contributed by atoms with Crippen LogP contribution in [0.25, 0.3) is 0 Å². The summed E-state index contributed by atoms with van der Waals surface area (Å²) in [6, 6.07) is 0.218. The first-order chi connectivity index (χ1) is 8.68. The maximum Gasteiger partial charge on any atom is 0.307 e. The zero-order valence-electron chi connectivity index (χ0n) is 10.7. The lowest BCUT2D eigenvalue weighted by molar-refractivity contribution is -0.149. The van der Waals surface area contributed by atoms with Gasteiger partial charge in [0.15, 0.2) is 0 Å². The molecule has 0 spiro atoms. The van der Waals surface area contributed by atoms with Crippen molar-refractivity contribution in [3.05, 3.63) is 0 Å². The summed E-state index contributed by atoms with van der Waals surface area (Å²) in [4.78, 5) is 23.4. The number of carbonyl (C=O) groups is 2. The molecule has 102 valence electrons. The highest BCUT2D eigenvalue weighted by molar-refractivity contribution is 5.85. The molecule has 2 fully saturated rings. The minimum Gasteiger partial charge on any atom is -0.481 e. The molecule has 0 bridgehead atoms. The predicted molar refractivity (Wildman–Crippen MR) is 67.1 cm³/mol. The van der Waals surface area contributed by atoms with E-state index in [2.05, 4.69) is 10.6 Å². The lowest BCUT2D eigenvalue weighted by Gasteiger charge is -2.30. The van der Waals surface area contributed by atoms with E-state index in [0.29, 0.717) is 12.8 Å². The average Bonchev–Trinajstić information content (AvgIpc) is 2.40. The van der Waals surface area contributed by atoms with Crippen LogP contribution in [-0.4, -0.2) is 36.1 Å². The number of carboxylic acids is 1. The summed E-state index contributed by atoms with van der Waals surface area (Å²) in [5.74, 6) is -1.68. The van der Waals surface area contributed by atoms with Crippen LogP contribution in [0.1, 0.15) is 38.5 Å². The molecule has 3 N–H and O–H groups in total. The third-order valence-corrected chi connectivity index (χ3v) is 4.11. The Morgan fingerprint density at radius 3 is 2.22 bits per heavy atom. The van der Waals surface area contributed by atoms with E-state index in [1.165, 1.54) is 0 Å². The number of rotatable bonds is 3. The molecule has 0 aromatic rings. The zero-order chi connectivity index (χ0) is 13.0. The Labute approximate surface area is 107 Å². The molecule has 0 aromatic carbocycles. The van der Waals surface area contributed by atoms with Crippen molar-refractivity contribution in [1.29, 1.82) is 0 Å². The summed E-state index contributed by atoms with van der Waals surface area (Å²) >= 11 is 0. The molecule has 18 heavy (non-hydrogen) atoms. The highest BCUT2D eigenvalue weighted by Crippen LogP contribution is 2.30. The monoisotopic (exact) mass is 254 g/mol. The molecule has 5 heteroatoms. The summed E-state index contributed by atoms with van der Waals surface area (Å²) in [5, 5.41) is 15.5. The largest absolute Gasteiger partial charge is 0.481 e. The molecule has 1 aliphatic carbocycles. The smallest absolute Gasteiger partial charge is 0.307 e. The van der Waals surface area contributed by atoms with Crippen molar-refractivity contribution in [1.82, 2.24) is 10.6 Å². The lowest BCUT2D eigenvalue weighted by atomic mass is 9.78. The number of carbonyl (C=O) groups excluding carboxylic acids is 1. The van der Waals surface area contributed by atoms with Gasteiger partial charge in [-0.1, -0.05) is 12.8 Å². The van der Waals surface area contributed by atoms with Crippen molar-refractivity contribution in [3.8, 4) is 0 Å². The maximum absolute atomic E-state index is 12.2. The fourth-order valence-corrected chi connectivity index (χ4v) is 3.01. The molecule has 0 radical (unpaired) electrons. The normalized spacial score (nSPS) is 29.8. The fraction of sp³-hybridized carbons (Fsp3) is 0.846. The van der Waals surface area contributed by atoms with Gasteiger partial charge in [-0.05, 0) is 38.8 Å². The first kappa shape index (κ1) is 13.3. The molecule has 1 saturated heterocycles. The second-order valence-corrected chi connectivity index (χ2v) is 5.37. The fourth-order valence-electron chi connectivity index (χ4n) is 3.01.